The summed E-state index contributed by atoms with van der Waals surface area (Å²) in [5.41, 5.74) is 0.525. The van der Waals surface area contributed by atoms with Gasteiger partial charge in [-0.15, -0.1) is 10.2 Å². The molecule has 0 radical (unpaired) electrons. The van der Waals surface area contributed by atoms with Crippen molar-refractivity contribution >= 4 is 34.1 Å². The lowest BCUT2D eigenvalue weighted by molar-refractivity contribution is 0.101. The third-order valence-corrected chi connectivity index (χ3v) is 4.00. The van der Waals surface area contributed by atoms with Gasteiger partial charge in [-0.3, -0.25) is 14.8 Å². The third kappa shape index (κ3) is 2.88. The Kier molecular flexibility index (Phi) is 4.32. The number of hydrogen-bond donors (Lipinski definition) is 1. The number of nitrogens with one attached hydrogen (secondary N) is 1. The van der Waals surface area contributed by atoms with E-state index >= 15 is 0 Å². The summed E-state index contributed by atoms with van der Waals surface area (Å²) in [7, 11) is 0. The van der Waals surface area contributed by atoms with Gasteiger partial charge in [0.2, 0.25) is 5.13 Å². The zero-order valence-electron chi connectivity index (χ0n) is 10.1. The predicted molar refractivity (Wildman–Crippen MR) is 72.2 cm³/mol. The lowest BCUT2D eigenvalue weighted by Gasteiger charge is -2.03. The molecular formula is C10H13N5OS2. The van der Waals surface area contributed by atoms with Crippen LogP contribution in [0.4, 0.5) is 5.13 Å². The first-order valence-corrected chi connectivity index (χ1v) is 7.34. The Balaban J connectivity index is 2.06. The van der Waals surface area contributed by atoms with Crippen LogP contribution in [0.3, 0.4) is 0 Å². The molecule has 2 rings (SSSR count). The van der Waals surface area contributed by atoms with Gasteiger partial charge in [-0.2, -0.15) is 5.10 Å². The first-order chi connectivity index (χ1) is 8.74. The molecule has 2 aromatic rings. The Hall–Kier alpha value is -1.41. The largest absolute Gasteiger partial charge is 0.295 e. The smallest absolute Gasteiger partial charge is 0.275 e. The maximum atomic E-state index is 12.0. The number of amides is 1. The Morgan fingerprint density at radius 2 is 2.33 bits per heavy atom. The molecule has 1 amide bonds. The molecule has 0 aliphatic carbocycles. The van der Waals surface area contributed by atoms with Gasteiger partial charge in [0.05, 0.1) is 0 Å². The van der Waals surface area contributed by atoms with E-state index in [4.69, 9.17) is 0 Å². The Bertz CT molecular complexity index is 536. The Morgan fingerprint density at radius 1 is 1.50 bits per heavy atom. The van der Waals surface area contributed by atoms with Crippen molar-refractivity contribution in [1.29, 1.82) is 0 Å². The number of hydrogen-bond acceptors (Lipinski definition) is 6. The second kappa shape index (κ2) is 5.96. The van der Waals surface area contributed by atoms with Crippen LogP contribution < -0.4 is 5.32 Å². The van der Waals surface area contributed by atoms with Crippen molar-refractivity contribution in [3.8, 4) is 0 Å². The molecule has 2 heterocycles. The van der Waals surface area contributed by atoms with Gasteiger partial charge in [0, 0.05) is 12.7 Å². The van der Waals surface area contributed by atoms with Gasteiger partial charge in [0.1, 0.15) is 5.69 Å². The lowest BCUT2D eigenvalue weighted by atomic mass is 10.4. The van der Waals surface area contributed by atoms with Crippen molar-refractivity contribution in [1.82, 2.24) is 20.0 Å². The van der Waals surface area contributed by atoms with E-state index < -0.39 is 0 Å². The quantitative estimate of drug-likeness (QED) is 0.672. The lowest BCUT2D eigenvalue weighted by Crippen LogP contribution is -2.17. The van der Waals surface area contributed by atoms with Crippen molar-refractivity contribution in [2.75, 3.05) is 11.1 Å². The zero-order valence-corrected chi connectivity index (χ0v) is 11.7. The highest BCUT2D eigenvalue weighted by Crippen LogP contribution is 2.25. The minimum Gasteiger partial charge on any atom is -0.295 e. The highest BCUT2D eigenvalue weighted by atomic mass is 32.2. The van der Waals surface area contributed by atoms with Gasteiger partial charge < -0.3 is 0 Å². The number of carbonyl (C=O) groups excluding carboxylic acids is 1. The van der Waals surface area contributed by atoms with Gasteiger partial charge in [-0.25, -0.2) is 0 Å². The van der Waals surface area contributed by atoms with Gasteiger partial charge in [-0.05, 0) is 18.7 Å². The Morgan fingerprint density at radius 3 is 3.06 bits per heavy atom. The molecule has 0 atom stereocenters. The summed E-state index contributed by atoms with van der Waals surface area (Å²) in [6.45, 7) is 4.64. The van der Waals surface area contributed by atoms with Crippen LogP contribution in [0, 0.1) is 0 Å². The second-order valence-electron chi connectivity index (χ2n) is 3.29. The number of rotatable bonds is 5. The molecule has 6 nitrogen and oxygen atoms in total. The first kappa shape index (κ1) is 13.0. The minimum atomic E-state index is -0.210. The highest BCUT2D eigenvalue weighted by Gasteiger charge is 2.13. The van der Waals surface area contributed by atoms with Crippen molar-refractivity contribution in [3.05, 3.63) is 18.0 Å². The molecule has 0 aliphatic heterocycles. The van der Waals surface area contributed by atoms with E-state index in [0.717, 1.165) is 10.1 Å². The summed E-state index contributed by atoms with van der Waals surface area (Å²) in [6.07, 6.45) is 1.61. The average Bonchev–Trinajstić information content (AvgIpc) is 2.98. The van der Waals surface area contributed by atoms with Gasteiger partial charge in [0.25, 0.3) is 5.91 Å². The van der Waals surface area contributed by atoms with Crippen molar-refractivity contribution in [3.63, 3.8) is 0 Å². The molecule has 1 N–H and O–H groups in total. The fraction of sp³-hybridized carbons (Fsp3) is 0.400. The fourth-order valence-corrected chi connectivity index (χ4v) is 3.02. The summed E-state index contributed by atoms with van der Waals surface area (Å²) in [5, 5.41) is 15.2. The molecule has 2 aromatic heterocycles. The molecule has 0 bridgehead atoms. The first-order valence-electron chi connectivity index (χ1n) is 5.54. The molecule has 0 saturated heterocycles. The van der Waals surface area contributed by atoms with E-state index in [9.17, 15) is 4.79 Å². The van der Waals surface area contributed by atoms with E-state index in [0.29, 0.717) is 17.4 Å². The summed E-state index contributed by atoms with van der Waals surface area (Å²) in [4.78, 5) is 12.0. The van der Waals surface area contributed by atoms with Crippen LogP contribution in [0.25, 0.3) is 0 Å². The molecule has 0 saturated carbocycles. The van der Waals surface area contributed by atoms with E-state index in [1.165, 1.54) is 11.3 Å². The van der Waals surface area contributed by atoms with Crippen LogP contribution >= 0.6 is 23.1 Å². The molecule has 8 heteroatoms. The topological polar surface area (TPSA) is 72.7 Å². The van der Waals surface area contributed by atoms with Crippen molar-refractivity contribution < 1.29 is 4.79 Å². The van der Waals surface area contributed by atoms with Crippen LogP contribution in [-0.2, 0) is 6.54 Å². The van der Waals surface area contributed by atoms with Crippen LogP contribution in [0.1, 0.15) is 24.3 Å². The van der Waals surface area contributed by atoms with Crippen LogP contribution in [0.15, 0.2) is 16.6 Å². The summed E-state index contributed by atoms with van der Waals surface area (Å²) >= 11 is 2.98. The Labute approximate surface area is 113 Å². The van der Waals surface area contributed by atoms with E-state index in [1.807, 2.05) is 13.8 Å². The summed E-state index contributed by atoms with van der Waals surface area (Å²) < 4.78 is 2.50. The van der Waals surface area contributed by atoms with Crippen LogP contribution in [0.5, 0.6) is 0 Å². The predicted octanol–water partition coefficient (Wildman–Crippen LogP) is 2.12. The molecule has 0 unspecified atom stereocenters. The third-order valence-electron chi connectivity index (χ3n) is 2.14. The monoisotopic (exact) mass is 283 g/mol. The number of aryl methyl sites for hydroxylation is 1. The molecule has 0 fully saturated rings. The minimum absolute atomic E-state index is 0.210. The number of thioether (sulfide) groups is 1. The molecule has 0 aromatic carbocycles. The molecular weight excluding hydrogens is 270 g/mol. The number of anilines is 1. The van der Waals surface area contributed by atoms with E-state index in [-0.39, 0.29) is 5.91 Å². The van der Waals surface area contributed by atoms with E-state index in [2.05, 4.69) is 20.6 Å². The maximum Gasteiger partial charge on any atom is 0.275 e. The fourth-order valence-electron chi connectivity index (χ4n) is 1.38. The van der Waals surface area contributed by atoms with Crippen LogP contribution in [-0.4, -0.2) is 31.6 Å². The standard InChI is InChI=1S/C10H13N5OS2/c1-3-15-7(5-6-11-15)8(16)12-9-13-14-10(18-9)17-4-2/h5-6H,3-4H2,1-2H3,(H,12,13,16). The highest BCUT2D eigenvalue weighted by molar-refractivity contribution is 8.01. The van der Waals surface area contributed by atoms with Crippen LogP contribution in [0.2, 0.25) is 0 Å². The van der Waals surface area contributed by atoms with E-state index in [1.54, 1.807) is 28.7 Å². The molecule has 96 valence electrons. The number of aromatic nitrogens is 4. The van der Waals surface area contributed by atoms with Gasteiger partial charge >= 0.3 is 0 Å². The summed E-state index contributed by atoms with van der Waals surface area (Å²) in [5.74, 6) is 0.726. The van der Waals surface area contributed by atoms with Gasteiger partial charge in [0.15, 0.2) is 4.34 Å². The zero-order chi connectivity index (χ0) is 13.0. The number of nitrogens with zero attached hydrogens (tertiary/aromatic N) is 4. The summed E-state index contributed by atoms with van der Waals surface area (Å²) in [6, 6.07) is 1.68. The number of carbonyl (C=O) groups is 1. The van der Waals surface area contributed by atoms with Crippen molar-refractivity contribution in [2.45, 2.75) is 24.7 Å². The maximum absolute atomic E-state index is 12.0. The van der Waals surface area contributed by atoms with Gasteiger partial charge in [-0.1, -0.05) is 30.0 Å². The SMILES string of the molecule is CCSc1nnc(NC(=O)c2ccnn2CC)s1. The van der Waals surface area contributed by atoms with Crippen molar-refractivity contribution in [2.24, 2.45) is 0 Å². The molecule has 18 heavy (non-hydrogen) atoms. The molecule has 0 aliphatic rings. The second-order valence-corrected chi connectivity index (χ2v) is 5.78. The average molecular weight is 283 g/mol. The molecule has 0 spiro atoms. The normalized spacial score (nSPS) is 10.6.